The van der Waals surface area contributed by atoms with E-state index in [0.29, 0.717) is 5.56 Å². The van der Waals surface area contributed by atoms with E-state index in [2.05, 4.69) is 25.5 Å². The Morgan fingerprint density at radius 3 is 2.95 bits per heavy atom. The first-order valence-corrected chi connectivity index (χ1v) is 7.24. The van der Waals surface area contributed by atoms with Gasteiger partial charge in [-0.15, -0.1) is 0 Å². The second-order valence-corrected chi connectivity index (χ2v) is 5.23. The minimum Gasteiger partial charge on any atom is -0.373 e. The van der Waals surface area contributed by atoms with Crippen LogP contribution in [-0.4, -0.2) is 28.1 Å². The molecule has 0 amide bonds. The number of hydrogen-bond acceptors (Lipinski definition) is 4. The molecule has 5 nitrogen and oxygen atoms in total. The molecule has 22 heavy (non-hydrogen) atoms. The normalized spacial score (nSPS) is 10.5. The van der Waals surface area contributed by atoms with Crippen LogP contribution in [0.1, 0.15) is 12.0 Å². The quantitative estimate of drug-likeness (QED) is 0.725. The number of para-hydroxylation sites is 1. The molecule has 0 N–H and O–H groups in total. The van der Waals surface area contributed by atoms with E-state index >= 15 is 0 Å². The zero-order chi connectivity index (χ0) is 15.4. The third-order valence-corrected chi connectivity index (χ3v) is 3.72. The van der Waals surface area contributed by atoms with Crippen molar-refractivity contribution < 1.29 is 0 Å². The molecule has 0 aliphatic heterocycles. The van der Waals surface area contributed by atoms with Gasteiger partial charge in [-0.1, -0.05) is 18.2 Å². The highest BCUT2D eigenvalue weighted by Gasteiger charge is 2.12. The molecule has 3 rings (SSSR count). The van der Waals surface area contributed by atoms with Crippen LogP contribution in [0.25, 0.3) is 10.9 Å². The number of fused-ring (bicyclic) bond motifs is 1. The van der Waals surface area contributed by atoms with Crippen molar-refractivity contribution in [3.63, 3.8) is 0 Å². The summed E-state index contributed by atoms with van der Waals surface area (Å²) >= 11 is 0. The van der Waals surface area contributed by atoms with Gasteiger partial charge in [0.05, 0.1) is 23.1 Å². The summed E-state index contributed by atoms with van der Waals surface area (Å²) in [6.07, 6.45) is 8.21. The van der Waals surface area contributed by atoms with Crippen molar-refractivity contribution in [2.75, 3.05) is 18.5 Å². The van der Waals surface area contributed by atoms with E-state index in [0.717, 1.165) is 36.1 Å². The molecule has 1 aromatic carbocycles. The number of aromatic nitrogens is 3. The minimum absolute atomic E-state index is 0.615. The van der Waals surface area contributed by atoms with Crippen LogP contribution in [0.4, 0.5) is 5.69 Å². The summed E-state index contributed by atoms with van der Waals surface area (Å²) in [5.41, 5.74) is 2.49. The van der Waals surface area contributed by atoms with E-state index < -0.39 is 0 Å². The predicted molar refractivity (Wildman–Crippen MR) is 86.6 cm³/mol. The van der Waals surface area contributed by atoms with Gasteiger partial charge < -0.3 is 9.47 Å². The number of imidazole rings is 1. The maximum Gasteiger partial charge on any atom is 0.103 e. The minimum atomic E-state index is 0.615. The monoisotopic (exact) mass is 291 g/mol. The molecule has 2 heterocycles. The first-order chi connectivity index (χ1) is 10.8. The molecule has 3 aromatic rings. The van der Waals surface area contributed by atoms with Crippen LogP contribution >= 0.6 is 0 Å². The summed E-state index contributed by atoms with van der Waals surface area (Å²) in [7, 11) is 2.02. The number of benzene rings is 1. The third kappa shape index (κ3) is 2.77. The Morgan fingerprint density at radius 1 is 1.32 bits per heavy atom. The van der Waals surface area contributed by atoms with Gasteiger partial charge in [-0.2, -0.15) is 5.26 Å². The number of nitriles is 1. The number of aryl methyl sites for hydroxylation is 1. The van der Waals surface area contributed by atoms with Gasteiger partial charge in [0.2, 0.25) is 0 Å². The predicted octanol–water partition coefficient (Wildman–Crippen LogP) is 2.83. The molecule has 0 radical (unpaired) electrons. The largest absolute Gasteiger partial charge is 0.373 e. The molecule has 0 aliphatic carbocycles. The summed E-state index contributed by atoms with van der Waals surface area (Å²) in [5.74, 6) is 0. The summed E-state index contributed by atoms with van der Waals surface area (Å²) in [6.45, 7) is 1.77. The molecule has 0 fully saturated rings. The van der Waals surface area contributed by atoms with Crippen molar-refractivity contribution >= 4 is 16.6 Å². The Labute approximate surface area is 129 Å². The summed E-state index contributed by atoms with van der Waals surface area (Å²) in [4.78, 5) is 10.5. The van der Waals surface area contributed by atoms with Gasteiger partial charge >= 0.3 is 0 Å². The molecular formula is C17H17N5. The molecule has 5 heteroatoms. The van der Waals surface area contributed by atoms with Crippen molar-refractivity contribution in [1.82, 2.24) is 14.5 Å². The molecule has 0 saturated carbocycles. The molecule has 0 saturated heterocycles. The first-order valence-electron chi connectivity index (χ1n) is 7.24. The molecule has 0 unspecified atom stereocenters. The van der Waals surface area contributed by atoms with Gasteiger partial charge in [0, 0.05) is 44.1 Å². The van der Waals surface area contributed by atoms with Crippen LogP contribution in [0.2, 0.25) is 0 Å². The molecule has 0 bridgehead atoms. The molecule has 0 aliphatic rings. The number of hydrogen-bond donors (Lipinski definition) is 0. The Bertz CT molecular complexity index is 802. The van der Waals surface area contributed by atoms with Gasteiger partial charge in [0.15, 0.2) is 0 Å². The lowest BCUT2D eigenvalue weighted by Crippen LogP contribution is -2.21. The lowest BCUT2D eigenvalue weighted by atomic mass is 10.1. The smallest absolute Gasteiger partial charge is 0.103 e. The topological polar surface area (TPSA) is 57.7 Å². The van der Waals surface area contributed by atoms with Crippen molar-refractivity contribution in [2.45, 2.75) is 13.0 Å². The standard InChI is InChI=1S/C17H17N5/c1-21(8-4-9-22-10-7-19-13-22)17-14(11-18)12-20-16-6-3-2-5-15(16)17/h2-3,5-7,10,12-13H,4,8-9H2,1H3. The van der Waals surface area contributed by atoms with E-state index in [1.807, 2.05) is 43.8 Å². The first kappa shape index (κ1) is 14.1. The van der Waals surface area contributed by atoms with E-state index in [9.17, 15) is 5.26 Å². The number of anilines is 1. The highest BCUT2D eigenvalue weighted by Crippen LogP contribution is 2.28. The van der Waals surface area contributed by atoms with Crippen LogP contribution in [0.3, 0.4) is 0 Å². The van der Waals surface area contributed by atoms with Gasteiger partial charge in [-0.25, -0.2) is 4.98 Å². The summed E-state index contributed by atoms with van der Waals surface area (Å²) < 4.78 is 2.06. The lowest BCUT2D eigenvalue weighted by Gasteiger charge is -2.22. The van der Waals surface area contributed by atoms with Crippen LogP contribution < -0.4 is 4.90 Å². The van der Waals surface area contributed by atoms with Crippen molar-refractivity contribution in [2.24, 2.45) is 0 Å². The molecule has 110 valence electrons. The van der Waals surface area contributed by atoms with Crippen molar-refractivity contribution in [1.29, 1.82) is 5.26 Å². The zero-order valence-corrected chi connectivity index (χ0v) is 12.5. The van der Waals surface area contributed by atoms with Crippen LogP contribution in [-0.2, 0) is 6.54 Å². The van der Waals surface area contributed by atoms with Crippen molar-refractivity contribution in [3.8, 4) is 6.07 Å². The average molecular weight is 291 g/mol. The van der Waals surface area contributed by atoms with Crippen molar-refractivity contribution in [3.05, 3.63) is 54.7 Å². The Morgan fingerprint density at radius 2 is 2.18 bits per heavy atom. The highest BCUT2D eigenvalue weighted by molar-refractivity contribution is 5.94. The summed E-state index contributed by atoms with van der Waals surface area (Å²) in [6, 6.07) is 10.2. The molecule has 2 aromatic heterocycles. The van der Waals surface area contributed by atoms with Gasteiger partial charge in [0.25, 0.3) is 0 Å². The highest BCUT2D eigenvalue weighted by atomic mass is 15.1. The number of pyridine rings is 1. The Hall–Kier alpha value is -2.87. The number of nitrogens with zero attached hydrogens (tertiary/aromatic N) is 5. The second kappa shape index (κ2) is 6.27. The van der Waals surface area contributed by atoms with E-state index in [-0.39, 0.29) is 0 Å². The Balaban J connectivity index is 1.83. The second-order valence-electron chi connectivity index (χ2n) is 5.23. The lowest BCUT2D eigenvalue weighted by molar-refractivity contribution is 0.638. The molecule has 0 spiro atoms. The maximum atomic E-state index is 9.37. The number of rotatable bonds is 5. The molecular weight excluding hydrogens is 274 g/mol. The fourth-order valence-electron chi connectivity index (χ4n) is 2.64. The van der Waals surface area contributed by atoms with E-state index in [1.54, 1.807) is 12.4 Å². The van der Waals surface area contributed by atoms with Gasteiger partial charge in [0.1, 0.15) is 6.07 Å². The average Bonchev–Trinajstić information content (AvgIpc) is 3.07. The van der Waals surface area contributed by atoms with E-state index in [1.165, 1.54) is 0 Å². The van der Waals surface area contributed by atoms with E-state index in [4.69, 9.17) is 0 Å². The Kier molecular flexibility index (Phi) is 4.01. The fraction of sp³-hybridized carbons (Fsp3) is 0.235. The fourth-order valence-corrected chi connectivity index (χ4v) is 2.64. The van der Waals surface area contributed by atoms with Gasteiger partial charge in [-0.05, 0) is 12.5 Å². The third-order valence-electron chi connectivity index (χ3n) is 3.72. The summed E-state index contributed by atoms with van der Waals surface area (Å²) in [5, 5.41) is 10.4. The van der Waals surface area contributed by atoms with Gasteiger partial charge in [-0.3, -0.25) is 4.98 Å². The van der Waals surface area contributed by atoms with Crippen LogP contribution in [0.5, 0.6) is 0 Å². The van der Waals surface area contributed by atoms with Crippen LogP contribution in [0, 0.1) is 11.3 Å². The zero-order valence-electron chi connectivity index (χ0n) is 12.5. The maximum absolute atomic E-state index is 9.37. The molecule has 0 atom stereocenters. The van der Waals surface area contributed by atoms with Crippen LogP contribution in [0.15, 0.2) is 49.2 Å². The SMILES string of the molecule is CN(CCCn1ccnc1)c1c(C#N)cnc2ccccc12.